The number of pyridine rings is 1. The van der Waals surface area contributed by atoms with Crippen LogP contribution in [-0.2, 0) is 17.9 Å². The first-order valence-corrected chi connectivity index (χ1v) is 14.9. The molecule has 0 spiro atoms. The highest BCUT2D eigenvalue weighted by molar-refractivity contribution is 6.11. The third-order valence-corrected chi connectivity index (χ3v) is 9.19. The van der Waals surface area contributed by atoms with Crippen LogP contribution in [0.4, 0.5) is 0 Å². The van der Waals surface area contributed by atoms with Gasteiger partial charge in [0.25, 0.3) is 0 Å². The minimum Gasteiger partial charge on any atom is -0.457 e. The molecule has 0 unspecified atom stereocenters. The first-order chi connectivity index (χ1) is 20.6. The molecule has 4 aromatic carbocycles. The number of fused-ring (bicyclic) bond motifs is 6. The van der Waals surface area contributed by atoms with Gasteiger partial charge >= 0.3 is 0 Å². The number of hydrogen-bond donors (Lipinski definition) is 0. The number of hydrogen-bond acceptors (Lipinski definition) is 2. The van der Waals surface area contributed by atoms with E-state index in [2.05, 4.69) is 147 Å². The van der Waals surface area contributed by atoms with Gasteiger partial charge in [-0.25, -0.2) is 9.55 Å². The van der Waals surface area contributed by atoms with E-state index in [0.29, 0.717) is 0 Å². The number of imidazole rings is 1. The second-order valence-electron chi connectivity index (χ2n) is 13.4. The minimum absolute atomic E-state index is 0.0504. The van der Waals surface area contributed by atoms with Crippen molar-refractivity contribution in [3.8, 4) is 23.0 Å². The fraction of sp³-hybridized carbons (Fsp3) is 0.211. The molecule has 0 N–H and O–H groups in total. The van der Waals surface area contributed by atoms with Crippen molar-refractivity contribution in [1.29, 1.82) is 0 Å². The summed E-state index contributed by atoms with van der Waals surface area (Å²) in [5.41, 5.74) is 9.33. The summed E-state index contributed by atoms with van der Waals surface area (Å²) >= 11 is 0. The molecule has 3 aromatic heterocycles. The molecule has 0 radical (unpaired) electrons. The van der Waals surface area contributed by atoms with Crippen LogP contribution in [0.1, 0.15) is 51.3 Å². The molecular formula is C38H35N4O+. The molecule has 5 heteroatoms. The zero-order chi connectivity index (χ0) is 29.7. The Hall–Kier alpha value is -4.90. The van der Waals surface area contributed by atoms with E-state index in [9.17, 15) is 0 Å². The molecule has 0 aliphatic carbocycles. The Morgan fingerprint density at radius 2 is 1.58 bits per heavy atom. The van der Waals surface area contributed by atoms with Crippen LogP contribution in [0.3, 0.4) is 0 Å². The maximum Gasteiger partial charge on any atom is 0.249 e. The summed E-state index contributed by atoms with van der Waals surface area (Å²) in [6.45, 7) is 11.3. The van der Waals surface area contributed by atoms with Crippen molar-refractivity contribution in [3.63, 3.8) is 0 Å². The van der Waals surface area contributed by atoms with Crippen molar-refractivity contribution >= 4 is 32.8 Å². The van der Waals surface area contributed by atoms with Gasteiger partial charge in [-0.15, -0.1) is 0 Å². The number of nitrogens with zero attached hydrogens (tertiary/aromatic N) is 4. The van der Waals surface area contributed by atoms with Gasteiger partial charge in [-0.1, -0.05) is 71.0 Å². The van der Waals surface area contributed by atoms with E-state index >= 15 is 0 Å². The fourth-order valence-corrected chi connectivity index (χ4v) is 6.86. The Bertz CT molecular complexity index is 2240. The Labute approximate surface area is 251 Å². The number of ether oxygens (including phenoxy) is 1. The molecule has 8 rings (SSSR count). The smallest absolute Gasteiger partial charge is 0.249 e. The summed E-state index contributed by atoms with van der Waals surface area (Å²) in [4.78, 5) is 4.90. The van der Waals surface area contributed by atoms with Crippen molar-refractivity contribution in [2.75, 3.05) is 0 Å². The highest BCUT2D eigenvalue weighted by atomic mass is 16.5. The summed E-state index contributed by atoms with van der Waals surface area (Å²) in [7, 11) is 2.09. The van der Waals surface area contributed by atoms with Crippen LogP contribution in [0.2, 0.25) is 0 Å². The Morgan fingerprint density at radius 3 is 2.42 bits per heavy atom. The van der Waals surface area contributed by atoms with Gasteiger partial charge in [-0.05, 0) is 59.0 Å². The molecule has 5 nitrogen and oxygen atoms in total. The zero-order valence-corrected chi connectivity index (χ0v) is 25.5. The van der Waals surface area contributed by atoms with Gasteiger partial charge in [0, 0.05) is 40.1 Å². The SMILES string of the molecule is C[n+]1cn(-c2cc(Oc3ccc4c5cccc6c5n(c4c3)-c3ncccc3C6(C)C)cc(C(C)(C)C)c2)c2ccccc21. The van der Waals surface area contributed by atoms with Crippen molar-refractivity contribution in [1.82, 2.24) is 14.1 Å². The van der Waals surface area contributed by atoms with Gasteiger partial charge in [-0.3, -0.25) is 4.57 Å². The molecule has 0 fully saturated rings. The van der Waals surface area contributed by atoms with E-state index in [1.807, 2.05) is 12.3 Å². The van der Waals surface area contributed by atoms with Crippen LogP contribution in [0, 0.1) is 0 Å². The van der Waals surface area contributed by atoms with Gasteiger partial charge < -0.3 is 4.74 Å². The number of rotatable bonds is 3. The van der Waals surface area contributed by atoms with Gasteiger partial charge in [0.05, 0.1) is 18.1 Å². The van der Waals surface area contributed by atoms with Gasteiger partial charge in [0.2, 0.25) is 6.33 Å². The normalized spacial score (nSPS) is 14.0. The molecule has 212 valence electrons. The molecule has 1 aliphatic heterocycles. The quantitative estimate of drug-likeness (QED) is 0.202. The van der Waals surface area contributed by atoms with E-state index in [1.165, 1.54) is 38.5 Å². The molecular weight excluding hydrogens is 528 g/mol. The molecule has 0 saturated heterocycles. The van der Waals surface area contributed by atoms with Gasteiger partial charge in [0.15, 0.2) is 11.0 Å². The topological polar surface area (TPSA) is 35.9 Å². The van der Waals surface area contributed by atoms with E-state index in [0.717, 1.165) is 34.0 Å². The summed E-state index contributed by atoms with van der Waals surface area (Å²) in [5.74, 6) is 2.61. The second kappa shape index (κ2) is 8.81. The number of aromatic nitrogens is 4. The van der Waals surface area contributed by atoms with E-state index in [4.69, 9.17) is 9.72 Å². The third-order valence-electron chi connectivity index (χ3n) is 9.19. The van der Waals surface area contributed by atoms with Crippen LogP contribution in [0.5, 0.6) is 11.5 Å². The standard InChI is InChI=1S/C38H35N4O/c1-37(2,3)24-19-25(41-23-40(6)32-14-7-8-15-33(32)41)21-27(20-24)43-26-16-17-28-29-11-9-12-30-35(29)42(34(28)22-26)36-31(38(30,4)5)13-10-18-39-36/h7-23H,1-6H3/q+1. The largest absolute Gasteiger partial charge is 0.457 e. The highest BCUT2D eigenvalue weighted by Crippen LogP contribution is 2.47. The lowest BCUT2D eigenvalue weighted by Crippen LogP contribution is -2.26. The Morgan fingerprint density at radius 1 is 0.767 bits per heavy atom. The van der Waals surface area contributed by atoms with Crippen molar-refractivity contribution in [3.05, 3.63) is 120 Å². The average molecular weight is 564 g/mol. The van der Waals surface area contributed by atoms with E-state index < -0.39 is 0 Å². The molecule has 0 amide bonds. The summed E-state index contributed by atoms with van der Waals surface area (Å²) in [5, 5.41) is 2.45. The molecule has 1 aliphatic rings. The predicted octanol–water partition coefficient (Wildman–Crippen LogP) is 8.68. The van der Waals surface area contributed by atoms with Crippen molar-refractivity contribution < 1.29 is 9.30 Å². The number of benzene rings is 4. The Balaban J connectivity index is 1.31. The molecule has 0 bridgehead atoms. The molecule has 43 heavy (non-hydrogen) atoms. The maximum atomic E-state index is 6.72. The van der Waals surface area contributed by atoms with Crippen molar-refractivity contribution in [2.45, 2.75) is 45.4 Å². The van der Waals surface area contributed by atoms with Crippen LogP contribution < -0.4 is 9.30 Å². The number of para-hydroxylation sites is 3. The van der Waals surface area contributed by atoms with Crippen molar-refractivity contribution in [2.24, 2.45) is 7.05 Å². The first-order valence-electron chi connectivity index (χ1n) is 14.9. The summed E-state index contributed by atoms with van der Waals surface area (Å²) in [6, 6.07) is 32.5. The molecule has 0 atom stereocenters. The lowest BCUT2D eigenvalue weighted by Gasteiger charge is -2.33. The predicted molar refractivity (Wildman–Crippen MR) is 174 cm³/mol. The molecule has 0 saturated carbocycles. The minimum atomic E-state index is -0.143. The van der Waals surface area contributed by atoms with Crippen LogP contribution >= 0.6 is 0 Å². The molecule has 7 aromatic rings. The van der Waals surface area contributed by atoms with Gasteiger partial charge in [0.1, 0.15) is 23.0 Å². The first kappa shape index (κ1) is 25.8. The zero-order valence-electron chi connectivity index (χ0n) is 25.5. The monoisotopic (exact) mass is 563 g/mol. The lowest BCUT2D eigenvalue weighted by atomic mass is 9.76. The fourth-order valence-electron chi connectivity index (χ4n) is 6.86. The van der Waals surface area contributed by atoms with Crippen LogP contribution in [0.15, 0.2) is 104 Å². The highest BCUT2D eigenvalue weighted by Gasteiger charge is 2.35. The summed E-state index contributed by atoms with van der Waals surface area (Å²) in [6.07, 6.45) is 4.04. The van der Waals surface area contributed by atoms with E-state index in [-0.39, 0.29) is 10.8 Å². The molecule has 4 heterocycles. The Kier molecular flexibility index (Phi) is 5.28. The number of aryl methyl sites for hydroxylation is 1. The van der Waals surface area contributed by atoms with Crippen LogP contribution in [0.25, 0.3) is 44.3 Å². The maximum absolute atomic E-state index is 6.72. The summed E-state index contributed by atoms with van der Waals surface area (Å²) < 4.78 is 13.5. The van der Waals surface area contributed by atoms with Gasteiger partial charge in [-0.2, -0.15) is 4.57 Å². The average Bonchev–Trinajstić information content (AvgIpc) is 3.50. The van der Waals surface area contributed by atoms with E-state index in [1.54, 1.807) is 0 Å². The van der Waals surface area contributed by atoms with Crippen LogP contribution in [-0.4, -0.2) is 14.1 Å². The second-order valence-corrected chi connectivity index (χ2v) is 13.4. The lowest BCUT2D eigenvalue weighted by molar-refractivity contribution is -0.645. The third kappa shape index (κ3) is 3.77.